The highest BCUT2D eigenvalue weighted by Crippen LogP contribution is 2.29. The van der Waals surface area contributed by atoms with Crippen LogP contribution in [0.3, 0.4) is 0 Å². The summed E-state index contributed by atoms with van der Waals surface area (Å²) in [5, 5.41) is 8.96. The number of β-amino-alcohol motifs (C(OH)–C–C–N with tert-alkyl or cyclic N) is 1. The minimum absolute atomic E-state index is 0.0706. The zero-order valence-electron chi connectivity index (χ0n) is 10.2. The first kappa shape index (κ1) is 14.2. The molecule has 0 aromatic rings. The van der Waals surface area contributed by atoms with Crippen molar-refractivity contribution in [3.63, 3.8) is 0 Å². The van der Waals surface area contributed by atoms with Gasteiger partial charge in [-0.15, -0.1) is 0 Å². The molecule has 0 aromatic heterocycles. The van der Waals surface area contributed by atoms with E-state index in [4.69, 9.17) is 9.84 Å². The van der Waals surface area contributed by atoms with E-state index in [0.717, 1.165) is 0 Å². The number of nitrogens with zero attached hydrogens (tertiary/aromatic N) is 1. The molecule has 0 aliphatic carbocycles. The van der Waals surface area contributed by atoms with Crippen molar-refractivity contribution < 1.29 is 23.1 Å². The number of carbonyl (C=O) groups is 1. The molecule has 1 aliphatic rings. The summed E-state index contributed by atoms with van der Waals surface area (Å²) in [4.78, 5) is 13.1. The van der Waals surface area contributed by atoms with Crippen LogP contribution >= 0.6 is 0 Å². The predicted molar refractivity (Wildman–Crippen MR) is 62.5 cm³/mol. The molecule has 0 spiro atoms. The Morgan fingerprint density at radius 1 is 1.53 bits per heavy atom. The average molecular weight is 265 g/mol. The lowest BCUT2D eigenvalue weighted by atomic mass is 10.00. The van der Waals surface area contributed by atoms with Gasteiger partial charge in [-0.2, -0.15) is 0 Å². The molecule has 1 N–H and O–H groups in total. The SMILES string of the molecule is CCOC(=O)N(CCO)C1(C)CCS(=O)(=O)C1. The Labute approximate surface area is 101 Å². The third-order valence-corrected chi connectivity index (χ3v) is 4.83. The van der Waals surface area contributed by atoms with E-state index in [1.54, 1.807) is 13.8 Å². The van der Waals surface area contributed by atoms with Crippen LogP contribution in [-0.2, 0) is 14.6 Å². The van der Waals surface area contributed by atoms with E-state index in [9.17, 15) is 13.2 Å². The molecule has 0 bridgehead atoms. The highest BCUT2D eigenvalue weighted by Gasteiger charge is 2.45. The molecule has 1 rings (SSSR count). The standard InChI is InChI=1S/C10H19NO5S/c1-3-16-9(13)11(5-6-12)10(2)4-7-17(14,15)8-10/h12H,3-8H2,1-2H3. The summed E-state index contributed by atoms with van der Waals surface area (Å²) >= 11 is 0. The average Bonchev–Trinajstić information content (AvgIpc) is 2.50. The van der Waals surface area contributed by atoms with Gasteiger partial charge in [-0.05, 0) is 20.3 Å². The van der Waals surface area contributed by atoms with Crippen LogP contribution in [0.5, 0.6) is 0 Å². The van der Waals surface area contributed by atoms with Crippen LogP contribution in [0.4, 0.5) is 4.79 Å². The van der Waals surface area contributed by atoms with E-state index in [2.05, 4.69) is 0 Å². The number of carbonyl (C=O) groups excluding carboxylic acids is 1. The van der Waals surface area contributed by atoms with E-state index in [0.29, 0.717) is 6.42 Å². The lowest BCUT2D eigenvalue weighted by Crippen LogP contribution is -2.52. The quantitative estimate of drug-likeness (QED) is 0.774. The summed E-state index contributed by atoms with van der Waals surface area (Å²) in [7, 11) is -3.10. The molecule has 100 valence electrons. The van der Waals surface area contributed by atoms with Gasteiger partial charge in [0.05, 0.1) is 30.3 Å². The molecule has 1 atom stereocenters. The van der Waals surface area contributed by atoms with Crippen LogP contribution in [0.2, 0.25) is 0 Å². The molecule has 0 radical (unpaired) electrons. The van der Waals surface area contributed by atoms with Crippen LogP contribution < -0.4 is 0 Å². The van der Waals surface area contributed by atoms with Crippen LogP contribution in [0.1, 0.15) is 20.3 Å². The van der Waals surface area contributed by atoms with Gasteiger partial charge in [-0.1, -0.05) is 0 Å². The Bertz CT molecular complexity index is 380. The molecule has 6 nitrogen and oxygen atoms in total. The zero-order valence-corrected chi connectivity index (χ0v) is 11.0. The Morgan fingerprint density at radius 3 is 2.59 bits per heavy atom. The highest BCUT2D eigenvalue weighted by molar-refractivity contribution is 7.91. The number of amides is 1. The second kappa shape index (κ2) is 5.22. The summed E-state index contributed by atoms with van der Waals surface area (Å²) < 4.78 is 27.9. The molecular weight excluding hydrogens is 246 g/mol. The van der Waals surface area contributed by atoms with Gasteiger partial charge in [0.15, 0.2) is 9.84 Å². The van der Waals surface area contributed by atoms with E-state index in [1.165, 1.54) is 4.90 Å². The Balaban J connectivity index is 2.87. The first-order valence-electron chi connectivity index (χ1n) is 5.60. The summed E-state index contributed by atoms with van der Waals surface area (Å²) in [6.45, 7) is 3.50. The number of hydrogen-bond acceptors (Lipinski definition) is 5. The number of aliphatic hydroxyl groups is 1. The first-order chi connectivity index (χ1) is 7.84. The number of sulfone groups is 1. The zero-order chi connectivity index (χ0) is 13.1. The second-order valence-corrected chi connectivity index (χ2v) is 6.60. The predicted octanol–water partition coefficient (Wildman–Crippen LogP) is 0.0144. The molecule has 1 aliphatic heterocycles. The third kappa shape index (κ3) is 3.32. The van der Waals surface area contributed by atoms with E-state index >= 15 is 0 Å². The topological polar surface area (TPSA) is 83.9 Å². The van der Waals surface area contributed by atoms with E-state index in [-0.39, 0.29) is 31.3 Å². The lowest BCUT2D eigenvalue weighted by Gasteiger charge is -2.36. The largest absolute Gasteiger partial charge is 0.450 e. The third-order valence-electron chi connectivity index (χ3n) is 2.95. The minimum Gasteiger partial charge on any atom is -0.450 e. The van der Waals surface area contributed by atoms with Gasteiger partial charge in [0.1, 0.15) is 0 Å². The Kier molecular flexibility index (Phi) is 4.37. The Hall–Kier alpha value is -0.820. The van der Waals surface area contributed by atoms with Crippen LogP contribution in [0.25, 0.3) is 0 Å². The van der Waals surface area contributed by atoms with Crippen molar-refractivity contribution in [3.05, 3.63) is 0 Å². The molecule has 1 saturated heterocycles. The van der Waals surface area contributed by atoms with Crippen LogP contribution in [-0.4, -0.2) is 61.3 Å². The number of hydrogen-bond donors (Lipinski definition) is 1. The smallest absolute Gasteiger partial charge is 0.410 e. The van der Waals surface area contributed by atoms with Crippen molar-refractivity contribution in [1.82, 2.24) is 4.90 Å². The van der Waals surface area contributed by atoms with Gasteiger partial charge in [-0.3, -0.25) is 4.90 Å². The molecule has 7 heteroatoms. The maximum atomic E-state index is 11.7. The van der Waals surface area contributed by atoms with Gasteiger partial charge in [0.25, 0.3) is 0 Å². The van der Waals surface area contributed by atoms with Crippen LogP contribution in [0.15, 0.2) is 0 Å². The van der Waals surface area contributed by atoms with Gasteiger partial charge in [0.2, 0.25) is 0 Å². The molecule has 1 amide bonds. The molecular formula is C10H19NO5S. The molecule has 1 heterocycles. The fourth-order valence-corrected chi connectivity index (χ4v) is 4.23. The number of ether oxygens (including phenoxy) is 1. The second-order valence-electron chi connectivity index (χ2n) is 4.41. The van der Waals surface area contributed by atoms with Crippen molar-refractivity contribution in [2.75, 3.05) is 31.3 Å². The van der Waals surface area contributed by atoms with E-state index < -0.39 is 21.5 Å². The van der Waals surface area contributed by atoms with Crippen molar-refractivity contribution in [3.8, 4) is 0 Å². The molecule has 17 heavy (non-hydrogen) atoms. The maximum absolute atomic E-state index is 11.7. The molecule has 0 aromatic carbocycles. The maximum Gasteiger partial charge on any atom is 0.410 e. The fraction of sp³-hybridized carbons (Fsp3) is 0.900. The number of aliphatic hydroxyl groups excluding tert-OH is 1. The summed E-state index contributed by atoms with van der Waals surface area (Å²) in [6, 6.07) is 0. The molecule has 0 saturated carbocycles. The van der Waals surface area contributed by atoms with Crippen LogP contribution in [0, 0.1) is 0 Å². The van der Waals surface area contributed by atoms with Gasteiger partial charge in [0, 0.05) is 6.54 Å². The highest BCUT2D eigenvalue weighted by atomic mass is 32.2. The van der Waals surface area contributed by atoms with Crippen molar-refractivity contribution in [2.45, 2.75) is 25.8 Å². The van der Waals surface area contributed by atoms with E-state index in [1.807, 2.05) is 0 Å². The Morgan fingerprint density at radius 2 is 2.18 bits per heavy atom. The minimum atomic E-state index is -3.10. The fourth-order valence-electron chi connectivity index (χ4n) is 2.09. The van der Waals surface area contributed by atoms with Gasteiger partial charge in [-0.25, -0.2) is 13.2 Å². The van der Waals surface area contributed by atoms with Crippen molar-refractivity contribution in [2.24, 2.45) is 0 Å². The molecule has 1 fully saturated rings. The monoisotopic (exact) mass is 265 g/mol. The summed E-state index contributed by atoms with van der Waals surface area (Å²) in [6.07, 6.45) is -0.185. The normalized spacial score (nSPS) is 26.8. The molecule has 1 unspecified atom stereocenters. The summed E-state index contributed by atoms with van der Waals surface area (Å²) in [5.41, 5.74) is -0.770. The van der Waals surface area contributed by atoms with Crippen molar-refractivity contribution in [1.29, 1.82) is 0 Å². The first-order valence-corrected chi connectivity index (χ1v) is 7.42. The number of rotatable bonds is 4. The summed E-state index contributed by atoms with van der Waals surface area (Å²) in [5.74, 6) is 0.00362. The lowest BCUT2D eigenvalue weighted by molar-refractivity contribution is 0.0571. The van der Waals surface area contributed by atoms with Crippen molar-refractivity contribution >= 4 is 15.9 Å². The van der Waals surface area contributed by atoms with Gasteiger partial charge < -0.3 is 9.84 Å². The van der Waals surface area contributed by atoms with Gasteiger partial charge >= 0.3 is 6.09 Å².